The molecule has 21 heavy (non-hydrogen) atoms. The van der Waals surface area contributed by atoms with Crippen LogP contribution in [0.1, 0.15) is 20.8 Å². The SMILES string of the molecule is Cc1ccsc1/C=N/NC(=O)c1cccc2ccccc12. The number of nitrogens with zero attached hydrogens (tertiary/aromatic N) is 1. The molecule has 1 heterocycles. The highest BCUT2D eigenvalue weighted by Crippen LogP contribution is 2.18. The molecular weight excluding hydrogens is 280 g/mol. The van der Waals surface area contributed by atoms with E-state index in [1.54, 1.807) is 17.6 Å². The fraction of sp³-hybridized carbons (Fsp3) is 0.0588. The lowest BCUT2D eigenvalue weighted by Gasteiger charge is -2.04. The standard InChI is InChI=1S/C17H14N2OS/c1-12-9-10-21-16(12)11-18-19-17(20)15-8-4-6-13-5-2-3-7-14(13)15/h2-11H,1H3,(H,19,20)/b18-11+. The van der Waals surface area contributed by atoms with E-state index in [9.17, 15) is 4.79 Å². The lowest BCUT2D eigenvalue weighted by atomic mass is 10.0. The second kappa shape index (κ2) is 5.89. The number of carbonyl (C=O) groups excluding carboxylic acids is 1. The highest BCUT2D eigenvalue weighted by atomic mass is 32.1. The average molecular weight is 294 g/mol. The van der Waals surface area contributed by atoms with Gasteiger partial charge in [-0.1, -0.05) is 36.4 Å². The van der Waals surface area contributed by atoms with Crippen molar-refractivity contribution in [3.8, 4) is 0 Å². The topological polar surface area (TPSA) is 41.5 Å². The summed E-state index contributed by atoms with van der Waals surface area (Å²) in [4.78, 5) is 13.3. The summed E-state index contributed by atoms with van der Waals surface area (Å²) in [7, 11) is 0. The molecule has 0 fully saturated rings. The number of fused-ring (bicyclic) bond motifs is 1. The van der Waals surface area contributed by atoms with Gasteiger partial charge in [-0.3, -0.25) is 4.79 Å². The highest BCUT2D eigenvalue weighted by Gasteiger charge is 2.08. The molecule has 3 aromatic rings. The van der Waals surface area contributed by atoms with Gasteiger partial charge in [0.1, 0.15) is 0 Å². The van der Waals surface area contributed by atoms with Crippen LogP contribution in [0.25, 0.3) is 10.8 Å². The maximum absolute atomic E-state index is 12.3. The molecule has 0 unspecified atom stereocenters. The van der Waals surface area contributed by atoms with Crippen LogP contribution in [0.15, 0.2) is 59.0 Å². The minimum Gasteiger partial charge on any atom is -0.267 e. The molecule has 0 aliphatic rings. The molecule has 2 aromatic carbocycles. The zero-order chi connectivity index (χ0) is 14.7. The third kappa shape index (κ3) is 2.85. The largest absolute Gasteiger partial charge is 0.271 e. The second-order valence-corrected chi connectivity index (χ2v) is 5.64. The molecule has 4 heteroatoms. The van der Waals surface area contributed by atoms with E-state index >= 15 is 0 Å². The van der Waals surface area contributed by atoms with E-state index in [2.05, 4.69) is 10.5 Å². The smallest absolute Gasteiger partial charge is 0.267 e. The molecule has 0 aliphatic heterocycles. The number of amides is 1. The molecule has 3 nitrogen and oxygen atoms in total. The summed E-state index contributed by atoms with van der Waals surface area (Å²) < 4.78 is 0. The van der Waals surface area contributed by atoms with Gasteiger partial charge < -0.3 is 0 Å². The van der Waals surface area contributed by atoms with Crippen molar-refractivity contribution in [1.29, 1.82) is 0 Å². The molecule has 0 aliphatic carbocycles. The number of hydrazone groups is 1. The summed E-state index contributed by atoms with van der Waals surface area (Å²) in [6.45, 7) is 2.02. The van der Waals surface area contributed by atoms with Gasteiger partial charge in [-0.2, -0.15) is 5.10 Å². The Balaban J connectivity index is 1.82. The molecule has 1 aromatic heterocycles. The highest BCUT2D eigenvalue weighted by molar-refractivity contribution is 7.11. The lowest BCUT2D eigenvalue weighted by molar-refractivity contribution is 0.0957. The molecule has 0 saturated carbocycles. The van der Waals surface area contributed by atoms with Crippen LogP contribution in [0.4, 0.5) is 0 Å². The summed E-state index contributed by atoms with van der Waals surface area (Å²) >= 11 is 1.60. The summed E-state index contributed by atoms with van der Waals surface area (Å²) in [6, 6.07) is 15.5. The van der Waals surface area contributed by atoms with E-state index in [-0.39, 0.29) is 5.91 Å². The van der Waals surface area contributed by atoms with Crippen molar-refractivity contribution < 1.29 is 4.79 Å². The monoisotopic (exact) mass is 294 g/mol. The number of benzene rings is 2. The third-order valence-corrected chi connectivity index (χ3v) is 4.24. The van der Waals surface area contributed by atoms with Gasteiger partial charge >= 0.3 is 0 Å². The minimum atomic E-state index is -0.197. The Labute approximate surface area is 126 Å². The van der Waals surface area contributed by atoms with Crippen LogP contribution >= 0.6 is 11.3 Å². The van der Waals surface area contributed by atoms with Gasteiger partial charge in [0.2, 0.25) is 0 Å². The number of hydrogen-bond donors (Lipinski definition) is 1. The Morgan fingerprint density at radius 3 is 2.76 bits per heavy atom. The summed E-state index contributed by atoms with van der Waals surface area (Å²) in [5.41, 5.74) is 4.38. The van der Waals surface area contributed by atoms with Crippen molar-refractivity contribution >= 4 is 34.2 Å². The van der Waals surface area contributed by atoms with E-state index in [1.807, 2.05) is 60.8 Å². The molecule has 0 saturated heterocycles. The number of carbonyl (C=O) groups is 1. The molecule has 0 spiro atoms. The fourth-order valence-electron chi connectivity index (χ4n) is 2.15. The lowest BCUT2D eigenvalue weighted by Crippen LogP contribution is -2.17. The van der Waals surface area contributed by atoms with E-state index in [1.165, 1.54) is 0 Å². The van der Waals surface area contributed by atoms with Crippen LogP contribution in [0.3, 0.4) is 0 Å². The Hall–Kier alpha value is -2.46. The van der Waals surface area contributed by atoms with Crippen LogP contribution in [0.2, 0.25) is 0 Å². The predicted molar refractivity (Wildman–Crippen MR) is 88.1 cm³/mol. The molecule has 104 valence electrons. The molecule has 0 atom stereocenters. The van der Waals surface area contributed by atoms with E-state index < -0.39 is 0 Å². The second-order valence-electron chi connectivity index (χ2n) is 4.69. The van der Waals surface area contributed by atoms with Gasteiger partial charge in [0.05, 0.1) is 6.21 Å². The third-order valence-electron chi connectivity index (χ3n) is 3.28. The van der Waals surface area contributed by atoms with E-state index in [0.29, 0.717) is 5.56 Å². The van der Waals surface area contributed by atoms with Crippen molar-refractivity contribution in [2.24, 2.45) is 5.10 Å². The van der Waals surface area contributed by atoms with Gasteiger partial charge in [0, 0.05) is 10.4 Å². The zero-order valence-corrected chi connectivity index (χ0v) is 12.4. The quantitative estimate of drug-likeness (QED) is 0.576. The molecular formula is C17H14N2OS. The first kappa shape index (κ1) is 13.5. The number of hydrogen-bond acceptors (Lipinski definition) is 3. The van der Waals surface area contributed by atoms with Crippen LogP contribution in [0, 0.1) is 6.92 Å². The summed E-state index contributed by atoms with van der Waals surface area (Å²) in [5.74, 6) is -0.197. The number of aryl methyl sites for hydroxylation is 1. The molecule has 3 rings (SSSR count). The Bertz CT molecular complexity index is 815. The van der Waals surface area contributed by atoms with Gasteiger partial charge in [-0.25, -0.2) is 5.43 Å². The summed E-state index contributed by atoms with van der Waals surface area (Å²) in [5, 5.41) is 8.02. The first-order chi connectivity index (χ1) is 10.3. The molecule has 0 bridgehead atoms. The van der Waals surface area contributed by atoms with Crippen LogP contribution < -0.4 is 5.43 Å². The maximum atomic E-state index is 12.3. The average Bonchev–Trinajstić information content (AvgIpc) is 2.92. The van der Waals surface area contributed by atoms with Crippen LogP contribution in [-0.2, 0) is 0 Å². The van der Waals surface area contributed by atoms with E-state index in [4.69, 9.17) is 0 Å². The fourth-order valence-corrected chi connectivity index (χ4v) is 2.94. The number of rotatable bonds is 3. The molecule has 0 radical (unpaired) electrons. The summed E-state index contributed by atoms with van der Waals surface area (Å²) in [6.07, 6.45) is 1.68. The van der Waals surface area contributed by atoms with Gasteiger partial charge in [-0.05, 0) is 40.8 Å². The van der Waals surface area contributed by atoms with Gasteiger partial charge in [0.15, 0.2) is 0 Å². The number of nitrogens with one attached hydrogen (secondary N) is 1. The molecule has 1 amide bonds. The molecule has 1 N–H and O–H groups in total. The van der Waals surface area contributed by atoms with Crippen molar-refractivity contribution in [2.45, 2.75) is 6.92 Å². The Morgan fingerprint density at radius 1 is 1.14 bits per heavy atom. The van der Waals surface area contributed by atoms with E-state index in [0.717, 1.165) is 21.2 Å². The van der Waals surface area contributed by atoms with Gasteiger partial charge in [0.25, 0.3) is 5.91 Å². The normalized spacial score (nSPS) is 11.1. The van der Waals surface area contributed by atoms with Gasteiger partial charge in [-0.15, -0.1) is 11.3 Å². The van der Waals surface area contributed by atoms with Crippen molar-refractivity contribution in [3.05, 3.63) is 69.9 Å². The van der Waals surface area contributed by atoms with Crippen molar-refractivity contribution in [1.82, 2.24) is 5.43 Å². The Morgan fingerprint density at radius 2 is 1.95 bits per heavy atom. The maximum Gasteiger partial charge on any atom is 0.271 e. The number of thiophene rings is 1. The van der Waals surface area contributed by atoms with Crippen molar-refractivity contribution in [3.63, 3.8) is 0 Å². The van der Waals surface area contributed by atoms with Crippen LogP contribution in [-0.4, -0.2) is 12.1 Å². The Kier molecular flexibility index (Phi) is 3.79. The first-order valence-corrected chi connectivity index (χ1v) is 7.49. The first-order valence-electron chi connectivity index (χ1n) is 6.61. The zero-order valence-electron chi connectivity index (χ0n) is 11.5. The van der Waals surface area contributed by atoms with Crippen molar-refractivity contribution in [2.75, 3.05) is 0 Å². The minimum absolute atomic E-state index is 0.197. The predicted octanol–water partition coefficient (Wildman–Crippen LogP) is 3.97. The van der Waals surface area contributed by atoms with Crippen LogP contribution in [0.5, 0.6) is 0 Å².